The molecule has 37 heavy (non-hydrogen) atoms. The highest BCUT2D eigenvalue weighted by molar-refractivity contribution is 5.66. The summed E-state index contributed by atoms with van der Waals surface area (Å²) in [6, 6.07) is 12.9. The first-order chi connectivity index (χ1) is 17.6. The Morgan fingerprint density at radius 3 is 2.22 bits per heavy atom. The molecule has 3 N–H and O–H groups in total. The fourth-order valence-corrected chi connectivity index (χ4v) is 5.64. The van der Waals surface area contributed by atoms with E-state index in [2.05, 4.69) is 57.2 Å². The molecule has 5 heteroatoms. The maximum Gasteiger partial charge on any atom is 0.303 e. The standard InChI is InChI=1S/C32H44O5/c1-5-32(6-2,27-12-14-29(24(4)21-27)37-22-28(33)13-15-30(34)35)26-11-10-25(23(3)20-26)16-19-31(36)17-8-7-9-18-31/h10-12,14,16,19-21,28,33,36H,5-9,13,15,17-18,22H2,1-4H3,(H,34,35)/t28-/m1/s1. The predicted molar refractivity (Wildman–Crippen MR) is 149 cm³/mol. The Morgan fingerprint density at radius 1 is 1.03 bits per heavy atom. The topological polar surface area (TPSA) is 87.0 Å². The quantitative estimate of drug-likeness (QED) is 0.296. The Hall–Kier alpha value is -2.63. The zero-order chi connectivity index (χ0) is 27.1. The third-order valence-electron chi connectivity index (χ3n) is 8.17. The van der Waals surface area contributed by atoms with Crippen molar-refractivity contribution >= 4 is 12.0 Å². The van der Waals surface area contributed by atoms with Crippen molar-refractivity contribution in [3.63, 3.8) is 0 Å². The zero-order valence-corrected chi connectivity index (χ0v) is 22.9. The van der Waals surface area contributed by atoms with Gasteiger partial charge in [-0.2, -0.15) is 0 Å². The van der Waals surface area contributed by atoms with Crippen LogP contribution >= 0.6 is 0 Å². The molecule has 1 aliphatic carbocycles. The molecule has 0 radical (unpaired) electrons. The van der Waals surface area contributed by atoms with Crippen LogP contribution in [0.5, 0.6) is 5.75 Å². The summed E-state index contributed by atoms with van der Waals surface area (Å²) in [5.41, 5.74) is 5.03. The van der Waals surface area contributed by atoms with E-state index in [9.17, 15) is 15.0 Å². The number of hydrogen-bond acceptors (Lipinski definition) is 4. The first-order valence-corrected chi connectivity index (χ1v) is 13.8. The summed E-state index contributed by atoms with van der Waals surface area (Å²) in [6.07, 6.45) is 10.3. The minimum absolute atomic E-state index is 0.0729. The molecular weight excluding hydrogens is 464 g/mol. The normalized spacial score (nSPS) is 16.6. The van der Waals surface area contributed by atoms with Crippen LogP contribution in [0.15, 0.2) is 42.5 Å². The second-order valence-electron chi connectivity index (χ2n) is 10.7. The summed E-state index contributed by atoms with van der Waals surface area (Å²) >= 11 is 0. The molecule has 0 aliphatic heterocycles. The third kappa shape index (κ3) is 7.24. The van der Waals surface area contributed by atoms with Crippen molar-refractivity contribution in [3.8, 4) is 5.75 Å². The Kier molecular flexibility index (Phi) is 9.97. The SMILES string of the molecule is CCC(CC)(c1ccc(C=CC2(O)CCCCC2)c(C)c1)c1ccc(OC[C@H](O)CCC(=O)O)c(C)c1. The van der Waals surface area contributed by atoms with Crippen LogP contribution in [-0.2, 0) is 10.2 Å². The van der Waals surface area contributed by atoms with Gasteiger partial charge in [-0.25, -0.2) is 0 Å². The average Bonchev–Trinajstić information content (AvgIpc) is 2.88. The van der Waals surface area contributed by atoms with Crippen molar-refractivity contribution in [1.29, 1.82) is 0 Å². The molecule has 2 aromatic rings. The molecule has 0 bridgehead atoms. The molecule has 0 spiro atoms. The van der Waals surface area contributed by atoms with Gasteiger partial charge in [-0.1, -0.05) is 75.6 Å². The first kappa shape index (κ1) is 28.9. The molecule has 1 atom stereocenters. The van der Waals surface area contributed by atoms with Gasteiger partial charge in [-0.15, -0.1) is 0 Å². The largest absolute Gasteiger partial charge is 0.491 e. The van der Waals surface area contributed by atoms with E-state index in [4.69, 9.17) is 9.84 Å². The number of rotatable bonds is 12. The van der Waals surface area contributed by atoms with Crippen LogP contribution in [-0.4, -0.2) is 39.6 Å². The van der Waals surface area contributed by atoms with Gasteiger partial charge in [-0.05, 0) is 79.8 Å². The van der Waals surface area contributed by atoms with E-state index >= 15 is 0 Å². The number of ether oxygens (including phenoxy) is 1. The summed E-state index contributed by atoms with van der Waals surface area (Å²) in [6.45, 7) is 8.67. The maximum absolute atomic E-state index is 10.9. The van der Waals surface area contributed by atoms with Crippen LogP contribution in [0.4, 0.5) is 0 Å². The molecule has 202 valence electrons. The molecule has 5 nitrogen and oxygen atoms in total. The minimum atomic E-state index is -0.920. The molecule has 0 unspecified atom stereocenters. The number of benzene rings is 2. The van der Waals surface area contributed by atoms with Gasteiger partial charge < -0.3 is 20.1 Å². The Bertz CT molecular complexity index is 1080. The molecule has 0 saturated heterocycles. The highest BCUT2D eigenvalue weighted by Crippen LogP contribution is 2.41. The lowest BCUT2D eigenvalue weighted by Gasteiger charge is -2.34. The molecule has 1 fully saturated rings. The molecule has 0 amide bonds. The molecule has 1 aliphatic rings. The molecule has 0 aromatic heterocycles. The molecule has 1 saturated carbocycles. The van der Waals surface area contributed by atoms with E-state index in [1.54, 1.807) is 0 Å². The number of aliphatic hydroxyl groups is 2. The Labute approximate surface area is 222 Å². The zero-order valence-electron chi connectivity index (χ0n) is 22.9. The summed E-state index contributed by atoms with van der Waals surface area (Å²) in [4.78, 5) is 10.7. The molecular formula is C32H44O5. The van der Waals surface area contributed by atoms with E-state index in [1.165, 1.54) is 23.1 Å². The van der Waals surface area contributed by atoms with Crippen LogP contribution < -0.4 is 4.74 Å². The van der Waals surface area contributed by atoms with E-state index < -0.39 is 17.7 Å². The molecule has 0 heterocycles. The highest BCUT2D eigenvalue weighted by atomic mass is 16.5. The fraction of sp³-hybridized carbons (Fsp3) is 0.531. The van der Waals surface area contributed by atoms with Crippen LogP contribution in [0.1, 0.15) is 99.5 Å². The predicted octanol–water partition coefficient (Wildman–Crippen LogP) is 6.72. The Morgan fingerprint density at radius 2 is 1.65 bits per heavy atom. The number of carboxylic acids is 1. The second kappa shape index (κ2) is 12.7. The molecule has 3 rings (SSSR count). The van der Waals surface area contributed by atoms with Gasteiger partial charge in [0.25, 0.3) is 0 Å². The third-order valence-corrected chi connectivity index (χ3v) is 8.17. The molecule has 2 aromatic carbocycles. The van der Waals surface area contributed by atoms with Crippen LogP contribution in [0.2, 0.25) is 0 Å². The second-order valence-corrected chi connectivity index (χ2v) is 10.7. The van der Waals surface area contributed by atoms with Crippen molar-refractivity contribution in [2.75, 3.05) is 6.61 Å². The Balaban J connectivity index is 1.80. The lowest BCUT2D eigenvalue weighted by molar-refractivity contribution is -0.137. The number of aliphatic hydroxyl groups excluding tert-OH is 1. The van der Waals surface area contributed by atoms with E-state index in [0.717, 1.165) is 49.7 Å². The summed E-state index contributed by atoms with van der Waals surface area (Å²) < 4.78 is 5.82. The van der Waals surface area contributed by atoms with Gasteiger partial charge in [0.05, 0.1) is 11.7 Å². The van der Waals surface area contributed by atoms with Gasteiger partial charge in [0.1, 0.15) is 12.4 Å². The minimum Gasteiger partial charge on any atom is -0.491 e. The summed E-state index contributed by atoms with van der Waals surface area (Å²) in [5, 5.41) is 29.7. The van der Waals surface area contributed by atoms with E-state index in [1.807, 2.05) is 19.1 Å². The van der Waals surface area contributed by atoms with Gasteiger partial charge >= 0.3 is 5.97 Å². The number of carbonyl (C=O) groups is 1. The van der Waals surface area contributed by atoms with E-state index in [0.29, 0.717) is 5.75 Å². The number of carboxylic acid groups (broad SMARTS) is 1. The monoisotopic (exact) mass is 508 g/mol. The van der Waals surface area contributed by atoms with Crippen molar-refractivity contribution < 1.29 is 24.9 Å². The van der Waals surface area contributed by atoms with Crippen molar-refractivity contribution in [3.05, 3.63) is 70.3 Å². The van der Waals surface area contributed by atoms with Crippen LogP contribution in [0.25, 0.3) is 6.08 Å². The average molecular weight is 509 g/mol. The lowest BCUT2D eigenvalue weighted by Crippen LogP contribution is -2.28. The fourth-order valence-electron chi connectivity index (χ4n) is 5.64. The van der Waals surface area contributed by atoms with Crippen LogP contribution in [0, 0.1) is 13.8 Å². The lowest BCUT2D eigenvalue weighted by atomic mass is 9.70. The van der Waals surface area contributed by atoms with Gasteiger partial charge in [-0.3, -0.25) is 4.79 Å². The summed E-state index contributed by atoms with van der Waals surface area (Å²) in [7, 11) is 0. The maximum atomic E-state index is 10.9. The van der Waals surface area contributed by atoms with Crippen LogP contribution in [0.3, 0.4) is 0 Å². The highest BCUT2D eigenvalue weighted by Gasteiger charge is 2.31. The van der Waals surface area contributed by atoms with Crippen molar-refractivity contribution in [2.24, 2.45) is 0 Å². The number of aliphatic carboxylic acids is 1. The number of hydrogen-bond donors (Lipinski definition) is 3. The smallest absolute Gasteiger partial charge is 0.303 e. The van der Waals surface area contributed by atoms with Gasteiger partial charge in [0, 0.05) is 11.8 Å². The first-order valence-electron chi connectivity index (χ1n) is 13.8. The summed E-state index contributed by atoms with van der Waals surface area (Å²) in [5.74, 6) is -0.215. The van der Waals surface area contributed by atoms with E-state index in [-0.39, 0.29) is 24.9 Å². The van der Waals surface area contributed by atoms with Crippen molar-refractivity contribution in [1.82, 2.24) is 0 Å². The van der Waals surface area contributed by atoms with Crippen molar-refractivity contribution in [2.45, 2.75) is 103 Å². The number of aryl methyl sites for hydroxylation is 2. The van der Waals surface area contributed by atoms with Gasteiger partial charge in [0.2, 0.25) is 0 Å². The van der Waals surface area contributed by atoms with Gasteiger partial charge in [0.15, 0.2) is 0 Å².